The zero-order valence-electron chi connectivity index (χ0n) is 10.5. The molecule has 0 aromatic carbocycles. The molecule has 17 heavy (non-hydrogen) atoms. The van der Waals surface area contributed by atoms with Crippen molar-refractivity contribution in [2.75, 3.05) is 6.54 Å². The summed E-state index contributed by atoms with van der Waals surface area (Å²) in [4.78, 5) is 5.74. The first kappa shape index (κ1) is 12.3. The maximum Gasteiger partial charge on any atom is 0.127 e. The van der Waals surface area contributed by atoms with Crippen molar-refractivity contribution in [3.63, 3.8) is 0 Å². The largest absolute Gasteiger partial charge is 0.312 e. The lowest BCUT2D eigenvalue weighted by Gasteiger charge is -1.97. The first-order valence-corrected chi connectivity index (χ1v) is 6.68. The molecule has 0 saturated carbocycles. The molecule has 2 aromatic rings. The Morgan fingerprint density at radius 2 is 2.29 bits per heavy atom. The Balaban J connectivity index is 2.10. The number of hydrogen-bond acceptors (Lipinski definition) is 4. The number of aromatic nitrogens is 3. The van der Waals surface area contributed by atoms with E-state index >= 15 is 0 Å². The van der Waals surface area contributed by atoms with Crippen molar-refractivity contribution < 1.29 is 0 Å². The van der Waals surface area contributed by atoms with Gasteiger partial charge in [-0.15, -0.1) is 11.3 Å². The average molecular weight is 250 g/mol. The number of hydrogen-bond donors (Lipinski definition) is 1. The fraction of sp³-hybridized carbons (Fsp3) is 0.500. The van der Waals surface area contributed by atoms with Gasteiger partial charge in [0, 0.05) is 30.9 Å². The summed E-state index contributed by atoms with van der Waals surface area (Å²) < 4.78 is 1.83. The Morgan fingerprint density at radius 3 is 2.94 bits per heavy atom. The highest BCUT2D eigenvalue weighted by molar-refractivity contribution is 7.15. The summed E-state index contributed by atoms with van der Waals surface area (Å²) >= 11 is 1.74. The van der Waals surface area contributed by atoms with E-state index in [1.54, 1.807) is 11.3 Å². The third-order valence-corrected chi connectivity index (χ3v) is 3.55. The third kappa shape index (κ3) is 2.92. The van der Waals surface area contributed by atoms with Crippen LogP contribution in [0.2, 0.25) is 0 Å². The molecule has 2 rings (SSSR count). The van der Waals surface area contributed by atoms with E-state index in [2.05, 4.69) is 22.3 Å². The molecule has 0 unspecified atom stereocenters. The van der Waals surface area contributed by atoms with Crippen molar-refractivity contribution in [2.45, 2.75) is 26.8 Å². The Labute approximate surface area is 106 Å². The Morgan fingerprint density at radius 1 is 1.47 bits per heavy atom. The van der Waals surface area contributed by atoms with Gasteiger partial charge in [-0.05, 0) is 19.9 Å². The predicted molar refractivity (Wildman–Crippen MR) is 71.1 cm³/mol. The molecule has 0 saturated heterocycles. The van der Waals surface area contributed by atoms with Gasteiger partial charge in [-0.2, -0.15) is 5.10 Å². The highest BCUT2D eigenvalue weighted by Crippen LogP contribution is 2.27. The van der Waals surface area contributed by atoms with Crippen LogP contribution >= 0.6 is 11.3 Å². The molecule has 0 spiro atoms. The van der Waals surface area contributed by atoms with Gasteiger partial charge in [-0.3, -0.25) is 4.68 Å². The van der Waals surface area contributed by atoms with E-state index in [0.29, 0.717) is 0 Å². The molecule has 0 aliphatic carbocycles. The van der Waals surface area contributed by atoms with Gasteiger partial charge in [0.1, 0.15) is 5.01 Å². The van der Waals surface area contributed by atoms with E-state index in [1.165, 1.54) is 4.88 Å². The van der Waals surface area contributed by atoms with E-state index in [0.717, 1.165) is 35.8 Å². The van der Waals surface area contributed by atoms with Crippen molar-refractivity contribution in [3.8, 4) is 10.6 Å². The SMILES string of the molecule is CCCNCc1cnc(-c2cn(C)nc2C)s1. The highest BCUT2D eigenvalue weighted by Gasteiger charge is 2.10. The molecule has 0 atom stereocenters. The van der Waals surface area contributed by atoms with E-state index in [9.17, 15) is 0 Å². The lowest BCUT2D eigenvalue weighted by Crippen LogP contribution is -2.12. The molecule has 5 heteroatoms. The molecule has 2 heterocycles. The van der Waals surface area contributed by atoms with E-state index < -0.39 is 0 Å². The van der Waals surface area contributed by atoms with Crippen molar-refractivity contribution >= 4 is 11.3 Å². The number of rotatable bonds is 5. The van der Waals surface area contributed by atoms with E-state index in [1.807, 2.05) is 31.0 Å². The zero-order valence-corrected chi connectivity index (χ0v) is 11.3. The van der Waals surface area contributed by atoms with E-state index in [-0.39, 0.29) is 0 Å². The number of thiazole rings is 1. The molecule has 92 valence electrons. The van der Waals surface area contributed by atoms with Gasteiger partial charge < -0.3 is 5.32 Å². The smallest absolute Gasteiger partial charge is 0.127 e. The topological polar surface area (TPSA) is 42.7 Å². The maximum atomic E-state index is 4.46. The summed E-state index contributed by atoms with van der Waals surface area (Å²) in [5, 5.41) is 8.78. The second-order valence-corrected chi connectivity index (χ2v) is 5.23. The Hall–Kier alpha value is -1.20. The molecule has 0 bridgehead atoms. The minimum absolute atomic E-state index is 0.908. The molecule has 0 aliphatic rings. The molecule has 4 nitrogen and oxygen atoms in total. The van der Waals surface area contributed by atoms with Gasteiger partial charge >= 0.3 is 0 Å². The highest BCUT2D eigenvalue weighted by atomic mass is 32.1. The summed E-state index contributed by atoms with van der Waals surface area (Å²) in [5.41, 5.74) is 2.18. The van der Waals surface area contributed by atoms with Crippen LogP contribution in [0.25, 0.3) is 10.6 Å². The zero-order chi connectivity index (χ0) is 12.3. The summed E-state index contributed by atoms with van der Waals surface area (Å²) in [7, 11) is 1.94. The van der Waals surface area contributed by atoms with Crippen LogP contribution < -0.4 is 5.32 Å². The predicted octanol–water partition coefficient (Wildman–Crippen LogP) is 2.35. The molecule has 0 aliphatic heterocycles. The minimum atomic E-state index is 0.908. The molecule has 1 N–H and O–H groups in total. The monoisotopic (exact) mass is 250 g/mol. The average Bonchev–Trinajstić information content (AvgIpc) is 2.86. The second-order valence-electron chi connectivity index (χ2n) is 4.11. The van der Waals surface area contributed by atoms with Crippen molar-refractivity contribution in [1.29, 1.82) is 0 Å². The first-order chi connectivity index (χ1) is 8.20. The van der Waals surface area contributed by atoms with Crippen LogP contribution in [0.15, 0.2) is 12.4 Å². The standard InChI is InChI=1S/C12H18N4S/c1-4-5-13-6-10-7-14-12(17-10)11-8-16(3)15-9(11)2/h7-8,13H,4-6H2,1-3H3. The van der Waals surface area contributed by atoms with Crippen LogP contribution in [0, 0.1) is 6.92 Å². The number of nitrogens with zero attached hydrogens (tertiary/aromatic N) is 3. The lowest BCUT2D eigenvalue weighted by atomic mass is 10.3. The molecular formula is C12H18N4S. The molecule has 0 fully saturated rings. The van der Waals surface area contributed by atoms with Crippen LogP contribution in [-0.4, -0.2) is 21.3 Å². The molecule has 0 amide bonds. The Bertz CT molecular complexity index is 486. The van der Waals surface area contributed by atoms with Crippen LogP contribution in [0.1, 0.15) is 23.9 Å². The maximum absolute atomic E-state index is 4.46. The van der Waals surface area contributed by atoms with Crippen LogP contribution in [0.3, 0.4) is 0 Å². The summed E-state index contributed by atoms with van der Waals surface area (Å²) in [6, 6.07) is 0. The third-order valence-electron chi connectivity index (χ3n) is 2.52. The summed E-state index contributed by atoms with van der Waals surface area (Å²) in [6.07, 6.45) is 5.14. The van der Waals surface area contributed by atoms with E-state index in [4.69, 9.17) is 0 Å². The number of aryl methyl sites for hydroxylation is 2. The summed E-state index contributed by atoms with van der Waals surface area (Å²) in [5.74, 6) is 0. The van der Waals surface area contributed by atoms with Gasteiger partial charge in [0.05, 0.1) is 11.3 Å². The normalized spacial score (nSPS) is 11.0. The Kier molecular flexibility index (Phi) is 3.91. The van der Waals surface area contributed by atoms with Crippen LogP contribution in [0.5, 0.6) is 0 Å². The lowest BCUT2D eigenvalue weighted by molar-refractivity contribution is 0.681. The van der Waals surface area contributed by atoms with Crippen molar-refractivity contribution in [1.82, 2.24) is 20.1 Å². The number of nitrogens with one attached hydrogen (secondary N) is 1. The van der Waals surface area contributed by atoms with Crippen molar-refractivity contribution in [3.05, 3.63) is 23.0 Å². The second kappa shape index (κ2) is 5.42. The van der Waals surface area contributed by atoms with Gasteiger partial charge in [0.2, 0.25) is 0 Å². The van der Waals surface area contributed by atoms with Crippen LogP contribution in [0.4, 0.5) is 0 Å². The van der Waals surface area contributed by atoms with Gasteiger partial charge in [-0.25, -0.2) is 4.98 Å². The van der Waals surface area contributed by atoms with Gasteiger partial charge in [-0.1, -0.05) is 6.92 Å². The minimum Gasteiger partial charge on any atom is -0.312 e. The quantitative estimate of drug-likeness (QED) is 0.828. The summed E-state index contributed by atoms with van der Waals surface area (Å²) in [6.45, 7) is 6.15. The molecular weight excluding hydrogens is 232 g/mol. The van der Waals surface area contributed by atoms with Crippen molar-refractivity contribution in [2.24, 2.45) is 7.05 Å². The first-order valence-electron chi connectivity index (χ1n) is 5.86. The van der Waals surface area contributed by atoms with Gasteiger partial charge in [0.25, 0.3) is 0 Å². The fourth-order valence-electron chi connectivity index (χ4n) is 1.71. The molecule has 0 radical (unpaired) electrons. The van der Waals surface area contributed by atoms with Crippen LogP contribution in [-0.2, 0) is 13.6 Å². The fourth-order valence-corrected chi connectivity index (χ4v) is 2.66. The van der Waals surface area contributed by atoms with Gasteiger partial charge in [0.15, 0.2) is 0 Å². The molecule has 2 aromatic heterocycles.